The SMILES string of the molecule is O=C(N/N=C/c1ccccc1C(F)(F)F)C(=O)Nc1ccccc1. The number of carbonyl (C=O) groups excluding carboxylic acids is 2. The number of hydrazone groups is 1. The Bertz CT molecular complexity index is 759. The third-order valence-corrected chi connectivity index (χ3v) is 2.87. The number of rotatable bonds is 3. The van der Waals surface area contributed by atoms with Gasteiger partial charge in [0.15, 0.2) is 0 Å². The van der Waals surface area contributed by atoms with Crippen LogP contribution in [0.25, 0.3) is 0 Å². The number of hydrogen-bond acceptors (Lipinski definition) is 3. The molecular formula is C16H12F3N3O2. The number of nitrogens with zero attached hydrogens (tertiary/aromatic N) is 1. The van der Waals surface area contributed by atoms with Crippen molar-refractivity contribution in [3.05, 3.63) is 65.7 Å². The van der Waals surface area contributed by atoms with Crippen molar-refractivity contribution in [2.45, 2.75) is 6.18 Å². The third kappa shape index (κ3) is 4.67. The van der Waals surface area contributed by atoms with Crippen molar-refractivity contribution in [1.29, 1.82) is 0 Å². The van der Waals surface area contributed by atoms with Gasteiger partial charge in [-0.15, -0.1) is 0 Å². The Balaban J connectivity index is 1.99. The molecule has 0 heterocycles. The van der Waals surface area contributed by atoms with E-state index in [4.69, 9.17) is 0 Å². The third-order valence-electron chi connectivity index (χ3n) is 2.87. The molecule has 0 radical (unpaired) electrons. The van der Waals surface area contributed by atoms with Crippen LogP contribution in [0.2, 0.25) is 0 Å². The number of benzene rings is 2. The quantitative estimate of drug-likeness (QED) is 0.514. The van der Waals surface area contributed by atoms with Crippen LogP contribution in [0.15, 0.2) is 59.7 Å². The van der Waals surface area contributed by atoms with E-state index in [0.29, 0.717) is 5.69 Å². The number of anilines is 1. The summed E-state index contributed by atoms with van der Waals surface area (Å²) in [6, 6.07) is 13.0. The number of hydrogen-bond donors (Lipinski definition) is 2. The Labute approximate surface area is 135 Å². The fraction of sp³-hybridized carbons (Fsp3) is 0.0625. The van der Waals surface area contributed by atoms with E-state index < -0.39 is 23.6 Å². The maximum atomic E-state index is 12.8. The molecule has 2 amide bonds. The minimum absolute atomic E-state index is 0.228. The highest BCUT2D eigenvalue weighted by Crippen LogP contribution is 2.30. The first-order valence-corrected chi connectivity index (χ1v) is 6.73. The van der Waals surface area contributed by atoms with E-state index in [1.54, 1.807) is 30.3 Å². The molecule has 0 saturated heterocycles. The van der Waals surface area contributed by atoms with E-state index in [1.807, 2.05) is 5.43 Å². The highest BCUT2D eigenvalue weighted by atomic mass is 19.4. The van der Waals surface area contributed by atoms with E-state index >= 15 is 0 Å². The topological polar surface area (TPSA) is 70.6 Å². The first kappa shape index (κ1) is 17.2. The van der Waals surface area contributed by atoms with Gasteiger partial charge < -0.3 is 5.32 Å². The predicted molar refractivity (Wildman–Crippen MR) is 82.3 cm³/mol. The predicted octanol–water partition coefficient (Wildman–Crippen LogP) is 2.79. The van der Waals surface area contributed by atoms with Crippen LogP contribution in [-0.4, -0.2) is 18.0 Å². The molecule has 0 bridgehead atoms. The van der Waals surface area contributed by atoms with Crippen LogP contribution in [0, 0.1) is 0 Å². The van der Waals surface area contributed by atoms with Crippen LogP contribution >= 0.6 is 0 Å². The van der Waals surface area contributed by atoms with E-state index in [2.05, 4.69) is 10.4 Å². The molecule has 0 aromatic heterocycles. The van der Waals surface area contributed by atoms with Gasteiger partial charge in [0.05, 0.1) is 11.8 Å². The van der Waals surface area contributed by atoms with E-state index in [0.717, 1.165) is 12.3 Å². The monoisotopic (exact) mass is 335 g/mol. The smallest absolute Gasteiger partial charge is 0.318 e. The van der Waals surface area contributed by atoms with Gasteiger partial charge in [-0.25, -0.2) is 5.43 Å². The lowest BCUT2D eigenvalue weighted by Crippen LogP contribution is -2.32. The molecule has 5 nitrogen and oxygen atoms in total. The molecule has 0 fully saturated rings. The molecule has 2 aromatic rings. The van der Waals surface area contributed by atoms with Gasteiger partial charge in [-0.1, -0.05) is 36.4 Å². The van der Waals surface area contributed by atoms with Crippen LogP contribution in [0.4, 0.5) is 18.9 Å². The van der Waals surface area contributed by atoms with Gasteiger partial charge in [0.2, 0.25) is 0 Å². The molecule has 124 valence electrons. The van der Waals surface area contributed by atoms with E-state index in [9.17, 15) is 22.8 Å². The van der Waals surface area contributed by atoms with Crippen LogP contribution in [0.5, 0.6) is 0 Å². The minimum Gasteiger partial charge on any atom is -0.318 e. The Morgan fingerprint density at radius 2 is 1.54 bits per heavy atom. The molecule has 0 unspecified atom stereocenters. The van der Waals surface area contributed by atoms with Gasteiger partial charge in [0.1, 0.15) is 0 Å². The van der Waals surface area contributed by atoms with Gasteiger partial charge in [-0.2, -0.15) is 18.3 Å². The van der Waals surface area contributed by atoms with Gasteiger partial charge >= 0.3 is 18.0 Å². The summed E-state index contributed by atoms with van der Waals surface area (Å²) in [5.74, 6) is -2.08. The molecule has 2 rings (SSSR count). The summed E-state index contributed by atoms with van der Waals surface area (Å²) < 4.78 is 38.4. The normalized spacial score (nSPS) is 11.3. The molecule has 0 aliphatic rings. The minimum atomic E-state index is -4.54. The zero-order chi connectivity index (χ0) is 17.6. The molecule has 24 heavy (non-hydrogen) atoms. The van der Waals surface area contributed by atoms with E-state index in [1.165, 1.54) is 18.2 Å². The first-order valence-electron chi connectivity index (χ1n) is 6.73. The van der Waals surface area contributed by atoms with Crippen LogP contribution < -0.4 is 10.7 Å². The Morgan fingerprint density at radius 1 is 0.917 bits per heavy atom. The molecule has 2 N–H and O–H groups in total. The highest BCUT2D eigenvalue weighted by Gasteiger charge is 2.32. The number of carbonyl (C=O) groups is 2. The average molecular weight is 335 g/mol. The highest BCUT2D eigenvalue weighted by molar-refractivity contribution is 6.39. The molecule has 0 aliphatic carbocycles. The summed E-state index contributed by atoms with van der Waals surface area (Å²) in [4.78, 5) is 23.2. The van der Waals surface area contributed by atoms with Gasteiger partial charge in [0.25, 0.3) is 0 Å². The van der Waals surface area contributed by atoms with E-state index in [-0.39, 0.29) is 5.56 Å². The number of amides is 2. The standard InChI is InChI=1S/C16H12F3N3O2/c17-16(18,19)13-9-5-4-6-11(13)10-20-22-15(24)14(23)21-12-7-2-1-3-8-12/h1-10H,(H,21,23)(H,22,24)/b20-10+. The van der Waals surface area contributed by atoms with Gasteiger partial charge in [-0.05, 0) is 18.2 Å². The second kappa shape index (κ2) is 7.40. The molecule has 8 heteroatoms. The number of para-hydroxylation sites is 1. The Kier molecular flexibility index (Phi) is 5.31. The summed E-state index contributed by atoms with van der Waals surface area (Å²) in [5.41, 5.74) is 1.17. The first-order chi connectivity index (χ1) is 11.4. The average Bonchev–Trinajstić information content (AvgIpc) is 2.55. The fourth-order valence-electron chi connectivity index (χ4n) is 1.79. The molecular weight excluding hydrogens is 323 g/mol. The van der Waals surface area contributed by atoms with Crippen LogP contribution in [0.3, 0.4) is 0 Å². The molecule has 2 aromatic carbocycles. The van der Waals surface area contributed by atoms with Crippen molar-refractivity contribution in [3.63, 3.8) is 0 Å². The molecule has 0 aliphatic heterocycles. The summed E-state index contributed by atoms with van der Waals surface area (Å²) in [5, 5.41) is 5.71. The second-order valence-corrected chi connectivity index (χ2v) is 4.60. The zero-order valence-electron chi connectivity index (χ0n) is 12.2. The lowest BCUT2D eigenvalue weighted by molar-refractivity contribution is -0.137. The summed E-state index contributed by atoms with van der Waals surface area (Å²) in [6.45, 7) is 0. The van der Waals surface area contributed by atoms with Gasteiger partial charge in [0, 0.05) is 11.3 Å². The largest absolute Gasteiger partial charge is 0.417 e. The fourth-order valence-corrected chi connectivity index (χ4v) is 1.79. The number of nitrogens with one attached hydrogen (secondary N) is 2. The van der Waals surface area contributed by atoms with Crippen molar-refractivity contribution >= 4 is 23.7 Å². The second-order valence-electron chi connectivity index (χ2n) is 4.60. The maximum absolute atomic E-state index is 12.8. The molecule has 0 spiro atoms. The number of alkyl halides is 3. The molecule has 0 atom stereocenters. The van der Waals surface area contributed by atoms with Crippen LogP contribution in [-0.2, 0) is 15.8 Å². The molecule has 0 saturated carbocycles. The van der Waals surface area contributed by atoms with Crippen LogP contribution in [0.1, 0.15) is 11.1 Å². The zero-order valence-corrected chi connectivity index (χ0v) is 12.2. The van der Waals surface area contributed by atoms with Crippen molar-refractivity contribution in [2.75, 3.05) is 5.32 Å². The van der Waals surface area contributed by atoms with Crippen molar-refractivity contribution in [2.24, 2.45) is 5.10 Å². The Hall–Kier alpha value is -3.16. The lowest BCUT2D eigenvalue weighted by Gasteiger charge is -2.09. The van der Waals surface area contributed by atoms with Crippen molar-refractivity contribution < 1.29 is 22.8 Å². The maximum Gasteiger partial charge on any atom is 0.417 e. The number of halogens is 3. The Morgan fingerprint density at radius 3 is 2.21 bits per heavy atom. The van der Waals surface area contributed by atoms with Gasteiger partial charge in [-0.3, -0.25) is 9.59 Å². The van der Waals surface area contributed by atoms with Crippen molar-refractivity contribution in [1.82, 2.24) is 5.43 Å². The summed E-state index contributed by atoms with van der Waals surface area (Å²) in [7, 11) is 0. The summed E-state index contributed by atoms with van der Waals surface area (Å²) >= 11 is 0. The summed E-state index contributed by atoms with van der Waals surface area (Å²) in [6.07, 6.45) is -3.71. The lowest BCUT2D eigenvalue weighted by atomic mass is 10.1. The van der Waals surface area contributed by atoms with Crippen molar-refractivity contribution in [3.8, 4) is 0 Å².